The molecule has 22 heavy (non-hydrogen) atoms. The summed E-state index contributed by atoms with van der Waals surface area (Å²) >= 11 is 0. The van der Waals surface area contributed by atoms with Gasteiger partial charge in [0.1, 0.15) is 5.69 Å². The summed E-state index contributed by atoms with van der Waals surface area (Å²) in [4.78, 5) is 25.5. The monoisotopic (exact) mass is 300 g/mol. The van der Waals surface area contributed by atoms with Gasteiger partial charge < -0.3 is 9.80 Å². The second-order valence-corrected chi connectivity index (χ2v) is 7.35. The molecule has 0 bridgehead atoms. The molecule has 0 unspecified atom stereocenters. The summed E-state index contributed by atoms with van der Waals surface area (Å²) in [6.45, 7) is 5.42. The van der Waals surface area contributed by atoms with Gasteiger partial charge in [0.2, 0.25) is 0 Å². The maximum absolute atomic E-state index is 12.6. The van der Waals surface area contributed by atoms with Gasteiger partial charge in [0, 0.05) is 44.0 Å². The van der Waals surface area contributed by atoms with Gasteiger partial charge in [-0.3, -0.25) is 9.78 Å². The SMILES string of the molecule is O=C(c1cnccn1)N1CCC[C@@]2(CCN(CC3CC3)C2)C1. The number of rotatable bonds is 3. The maximum Gasteiger partial charge on any atom is 0.274 e. The molecule has 3 heterocycles. The van der Waals surface area contributed by atoms with Crippen LogP contribution in [0, 0.1) is 11.3 Å². The molecule has 0 radical (unpaired) electrons. The van der Waals surface area contributed by atoms with E-state index in [-0.39, 0.29) is 5.91 Å². The summed E-state index contributed by atoms with van der Waals surface area (Å²) in [6, 6.07) is 0. The molecule has 1 aliphatic carbocycles. The summed E-state index contributed by atoms with van der Waals surface area (Å²) in [5, 5.41) is 0. The first kappa shape index (κ1) is 14.1. The average Bonchev–Trinajstić information content (AvgIpc) is 3.29. The number of amides is 1. The minimum absolute atomic E-state index is 0.0489. The van der Waals surface area contributed by atoms with Crippen molar-refractivity contribution in [1.29, 1.82) is 0 Å². The minimum atomic E-state index is 0.0489. The van der Waals surface area contributed by atoms with E-state index in [0.29, 0.717) is 11.1 Å². The standard InChI is InChI=1S/C17H24N4O/c22-16(15-10-18-6-7-19-15)21-8-1-4-17(13-21)5-9-20(12-17)11-14-2-3-14/h6-7,10,14H,1-5,8-9,11-13H2/t17-/m0/s1. The van der Waals surface area contributed by atoms with Crippen LogP contribution in [0.25, 0.3) is 0 Å². The molecule has 4 rings (SSSR count). The Morgan fingerprint density at radius 1 is 1.23 bits per heavy atom. The largest absolute Gasteiger partial charge is 0.337 e. The second-order valence-electron chi connectivity index (χ2n) is 7.35. The number of aromatic nitrogens is 2. The molecule has 2 aliphatic heterocycles. The van der Waals surface area contributed by atoms with E-state index in [1.165, 1.54) is 45.3 Å². The molecule has 3 fully saturated rings. The van der Waals surface area contributed by atoms with Gasteiger partial charge in [-0.05, 0) is 44.6 Å². The number of hydrogen-bond acceptors (Lipinski definition) is 4. The van der Waals surface area contributed by atoms with Crippen molar-refractivity contribution < 1.29 is 4.79 Å². The molecule has 5 nitrogen and oxygen atoms in total. The van der Waals surface area contributed by atoms with Crippen LogP contribution in [0.5, 0.6) is 0 Å². The van der Waals surface area contributed by atoms with Gasteiger partial charge in [-0.25, -0.2) is 4.98 Å². The lowest BCUT2D eigenvalue weighted by Crippen LogP contribution is -2.47. The van der Waals surface area contributed by atoms with E-state index in [9.17, 15) is 4.79 Å². The number of likely N-dealkylation sites (tertiary alicyclic amines) is 2. The maximum atomic E-state index is 12.6. The Morgan fingerprint density at radius 3 is 2.91 bits per heavy atom. The smallest absolute Gasteiger partial charge is 0.274 e. The highest BCUT2D eigenvalue weighted by Gasteiger charge is 2.43. The molecule has 3 aliphatic rings. The Bertz CT molecular complexity index is 545. The number of hydrogen-bond donors (Lipinski definition) is 0. The molecule has 1 atom stereocenters. The molecule has 2 saturated heterocycles. The molecule has 5 heteroatoms. The van der Waals surface area contributed by atoms with Gasteiger partial charge in [0.15, 0.2) is 0 Å². The molecule has 1 aromatic rings. The Kier molecular flexibility index (Phi) is 3.60. The lowest BCUT2D eigenvalue weighted by atomic mass is 9.79. The molecule has 1 aromatic heterocycles. The zero-order valence-electron chi connectivity index (χ0n) is 13.1. The summed E-state index contributed by atoms with van der Waals surface area (Å²) in [6.07, 6.45) is 11.2. The highest BCUT2D eigenvalue weighted by atomic mass is 16.2. The molecule has 0 N–H and O–H groups in total. The Morgan fingerprint density at radius 2 is 2.14 bits per heavy atom. The first-order valence-corrected chi connectivity index (χ1v) is 8.52. The van der Waals surface area contributed by atoms with E-state index in [1.54, 1.807) is 18.6 Å². The third kappa shape index (κ3) is 2.86. The van der Waals surface area contributed by atoms with Crippen LogP contribution in [0.3, 0.4) is 0 Å². The van der Waals surface area contributed by atoms with Gasteiger partial charge in [-0.2, -0.15) is 0 Å². The highest BCUT2D eigenvalue weighted by Crippen LogP contribution is 2.41. The van der Waals surface area contributed by atoms with Gasteiger partial charge >= 0.3 is 0 Å². The van der Waals surface area contributed by atoms with Gasteiger partial charge in [-0.15, -0.1) is 0 Å². The number of piperidine rings is 1. The molecule has 1 saturated carbocycles. The van der Waals surface area contributed by atoms with Gasteiger partial charge in [0.05, 0.1) is 6.20 Å². The predicted molar refractivity (Wildman–Crippen MR) is 83.4 cm³/mol. The molecular formula is C17H24N4O. The third-order valence-corrected chi connectivity index (χ3v) is 5.46. The van der Waals surface area contributed by atoms with Crippen molar-refractivity contribution in [1.82, 2.24) is 19.8 Å². The van der Waals surface area contributed by atoms with Gasteiger partial charge in [0.25, 0.3) is 5.91 Å². The lowest BCUT2D eigenvalue weighted by molar-refractivity contribution is 0.0521. The lowest BCUT2D eigenvalue weighted by Gasteiger charge is -2.40. The zero-order chi connectivity index (χ0) is 15.0. The van der Waals surface area contributed by atoms with Crippen molar-refractivity contribution >= 4 is 5.91 Å². The first-order valence-electron chi connectivity index (χ1n) is 8.52. The third-order valence-electron chi connectivity index (χ3n) is 5.46. The van der Waals surface area contributed by atoms with Crippen LogP contribution in [0.1, 0.15) is 42.6 Å². The van der Waals surface area contributed by atoms with E-state index in [1.807, 2.05) is 4.90 Å². The van der Waals surface area contributed by atoms with Crippen LogP contribution in [-0.4, -0.2) is 58.4 Å². The summed E-state index contributed by atoms with van der Waals surface area (Å²) < 4.78 is 0. The Labute approximate surface area is 131 Å². The van der Waals surface area contributed by atoms with E-state index in [0.717, 1.165) is 25.4 Å². The Balaban J connectivity index is 1.42. The minimum Gasteiger partial charge on any atom is -0.337 e. The van der Waals surface area contributed by atoms with Crippen molar-refractivity contribution in [2.45, 2.75) is 32.1 Å². The van der Waals surface area contributed by atoms with Crippen LogP contribution in [0.2, 0.25) is 0 Å². The number of nitrogens with zero attached hydrogens (tertiary/aromatic N) is 4. The fraction of sp³-hybridized carbons (Fsp3) is 0.706. The molecule has 1 spiro atoms. The van der Waals surface area contributed by atoms with Crippen molar-refractivity contribution in [2.24, 2.45) is 11.3 Å². The van der Waals surface area contributed by atoms with Crippen molar-refractivity contribution in [3.63, 3.8) is 0 Å². The van der Waals surface area contributed by atoms with Gasteiger partial charge in [-0.1, -0.05) is 0 Å². The number of carbonyl (C=O) groups is 1. The van der Waals surface area contributed by atoms with E-state index in [4.69, 9.17) is 0 Å². The van der Waals surface area contributed by atoms with Crippen LogP contribution in [-0.2, 0) is 0 Å². The van der Waals surface area contributed by atoms with Crippen LogP contribution < -0.4 is 0 Å². The fourth-order valence-corrected chi connectivity index (χ4v) is 4.14. The molecule has 1 amide bonds. The van der Waals surface area contributed by atoms with Crippen molar-refractivity contribution in [3.05, 3.63) is 24.3 Å². The summed E-state index contributed by atoms with van der Waals surface area (Å²) in [5.41, 5.74) is 0.803. The van der Waals surface area contributed by atoms with Crippen LogP contribution in [0.15, 0.2) is 18.6 Å². The van der Waals surface area contributed by atoms with E-state index in [2.05, 4.69) is 14.9 Å². The number of carbonyl (C=O) groups excluding carboxylic acids is 1. The topological polar surface area (TPSA) is 49.3 Å². The van der Waals surface area contributed by atoms with Crippen molar-refractivity contribution in [2.75, 3.05) is 32.7 Å². The second kappa shape index (κ2) is 5.61. The average molecular weight is 300 g/mol. The predicted octanol–water partition coefficient (Wildman–Crippen LogP) is 1.81. The Hall–Kier alpha value is -1.49. The highest BCUT2D eigenvalue weighted by molar-refractivity contribution is 5.92. The zero-order valence-corrected chi connectivity index (χ0v) is 13.1. The van der Waals surface area contributed by atoms with Crippen LogP contribution >= 0.6 is 0 Å². The normalized spacial score (nSPS) is 29.2. The van der Waals surface area contributed by atoms with E-state index < -0.39 is 0 Å². The fourth-order valence-electron chi connectivity index (χ4n) is 4.14. The molecule has 0 aromatic carbocycles. The van der Waals surface area contributed by atoms with Crippen LogP contribution in [0.4, 0.5) is 0 Å². The first-order chi connectivity index (χ1) is 10.7. The molecular weight excluding hydrogens is 276 g/mol. The van der Waals surface area contributed by atoms with E-state index >= 15 is 0 Å². The summed E-state index contributed by atoms with van der Waals surface area (Å²) in [5.74, 6) is 1.00. The quantitative estimate of drug-likeness (QED) is 0.854. The molecule has 118 valence electrons. The summed E-state index contributed by atoms with van der Waals surface area (Å²) in [7, 11) is 0. The van der Waals surface area contributed by atoms with Crippen molar-refractivity contribution in [3.8, 4) is 0 Å².